The van der Waals surface area contributed by atoms with Gasteiger partial charge in [-0.3, -0.25) is 4.79 Å². The van der Waals surface area contributed by atoms with Gasteiger partial charge in [-0.25, -0.2) is 9.48 Å². The number of aromatic nitrogens is 3. The molecule has 1 saturated carbocycles. The van der Waals surface area contributed by atoms with Gasteiger partial charge in [0.25, 0.3) is 5.91 Å². The fraction of sp³-hybridized carbons (Fsp3) is 0.304. The molecule has 1 aliphatic carbocycles. The maximum atomic E-state index is 13.1. The molecule has 3 atom stereocenters. The molecule has 1 heterocycles. The van der Waals surface area contributed by atoms with Crippen molar-refractivity contribution >= 4 is 27.8 Å². The van der Waals surface area contributed by atoms with Crippen LogP contribution in [-0.4, -0.2) is 49.2 Å². The molecule has 32 heavy (non-hydrogen) atoms. The summed E-state index contributed by atoms with van der Waals surface area (Å²) in [6, 6.07) is 13.0. The van der Waals surface area contributed by atoms with E-state index in [-0.39, 0.29) is 17.9 Å². The first-order valence-corrected chi connectivity index (χ1v) is 11.2. The minimum absolute atomic E-state index is 0.0644. The van der Waals surface area contributed by atoms with Crippen LogP contribution < -0.4 is 5.32 Å². The number of aliphatic carboxylic acids is 1. The number of carbonyl (C=O) groups is 2. The Kier molecular flexibility index (Phi) is 6.66. The maximum absolute atomic E-state index is 13.1. The largest absolute Gasteiger partial charge is 0.480 e. The molecule has 3 N–H and O–H groups in total. The van der Waals surface area contributed by atoms with Crippen LogP contribution in [0.1, 0.15) is 46.8 Å². The fourth-order valence-corrected chi connectivity index (χ4v) is 4.48. The van der Waals surface area contributed by atoms with E-state index in [1.165, 1.54) is 4.68 Å². The Balaban J connectivity index is 1.56. The molecule has 0 radical (unpaired) electrons. The number of nitrogens with one attached hydrogen (secondary N) is 1. The van der Waals surface area contributed by atoms with Crippen LogP contribution in [0, 0.1) is 0 Å². The number of amides is 1. The molecule has 1 aromatic heterocycles. The lowest BCUT2D eigenvalue weighted by molar-refractivity contribution is -0.139. The summed E-state index contributed by atoms with van der Waals surface area (Å²) >= 11 is 3.42. The summed E-state index contributed by atoms with van der Waals surface area (Å²) in [5.74, 6) is -1.70. The summed E-state index contributed by atoms with van der Waals surface area (Å²) in [5.41, 5.74) is 2.24. The third kappa shape index (κ3) is 4.73. The minimum atomic E-state index is -1.12. The van der Waals surface area contributed by atoms with Crippen molar-refractivity contribution in [1.29, 1.82) is 0 Å². The summed E-state index contributed by atoms with van der Waals surface area (Å²) in [6.07, 6.45) is 3.94. The van der Waals surface area contributed by atoms with E-state index in [9.17, 15) is 19.8 Å². The number of hydrogen-bond donors (Lipinski definition) is 3. The zero-order chi connectivity index (χ0) is 22.7. The van der Waals surface area contributed by atoms with Crippen LogP contribution in [-0.2, 0) is 11.2 Å². The number of aliphatic hydroxyl groups is 1. The van der Waals surface area contributed by atoms with E-state index in [2.05, 4.69) is 31.6 Å². The standard InChI is InChI=1S/C23H23BrN4O4/c24-17-9-3-1-6-14(17)12-18(23(31)32)25-22(30)16-7-2-4-10-20(16)28-13-19(26-27-28)15-8-5-11-21(15)29/h1-4,6-7,9-10,13,15,18,21,29H,5,8,11-12H2,(H,25,30)(H,31,32)/t15-,18?,21+/m0/s1. The van der Waals surface area contributed by atoms with Gasteiger partial charge in [0.2, 0.25) is 0 Å². The molecule has 4 rings (SSSR count). The average molecular weight is 499 g/mol. The first kappa shape index (κ1) is 22.2. The number of carboxylic acid groups (broad SMARTS) is 1. The smallest absolute Gasteiger partial charge is 0.326 e. The zero-order valence-corrected chi connectivity index (χ0v) is 18.8. The summed E-state index contributed by atoms with van der Waals surface area (Å²) in [5, 5.41) is 30.8. The van der Waals surface area contributed by atoms with Gasteiger partial charge in [-0.1, -0.05) is 57.9 Å². The SMILES string of the molecule is O=C(NC(Cc1ccccc1Br)C(=O)O)c1ccccc1-n1cc([C@@H]2CCC[C@H]2O)nn1. The molecule has 1 amide bonds. The van der Waals surface area contributed by atoms with Crippen molar-refractivity contribution in [1.82, 2.24) is 20.3 Å². The number of carboxylic acids is 1. The van der Waals surface area contributed by atoms with Gasteiger partial charge in [0.1, 0.15) is 6.04 Å². The van der Waals surface area contributed by atoms with Crippen LogP contribution in [0.2, 0.25) is 0 Å². The Morgan fingerprint density at radius 3 is 2.62 bits per heavy atom. The number of aliphatic hydroxyl groups excluding tert-OH is 1. The van der Waals surface area contributed by atoms with E-state index in [1.807, 2.05) is 24.3 Å². The first-order chi connectivity index (χ1) is 15.4. The number of para-hydroxylation sites is 1. The monoisotopic (exact) mass is 498 g/mol. The van der Waals surface area contributed by atoms with E-state index in [0.29, 0.717) is 11.4 Å². The number of nitrogens with zero attached hydrogens (tertiary/aromatic N) is 3. The van der Waals surface area contributed by atoms with Crippen molar-refractivity contribution < 1.29 is 19.8 Å². The molecule has 0 aliphatic heterocycles. The van der Waals surface area contributed by atoms with Crippen LogP contribution in [0.15, 0.2) is 59.2 Å². The van der Waals surface area contributed by atoms with Gasteiger partial charge in [0.05, 0.1) is 29.2 Å². The summed E-state index contributed by atoms with van der Waals surface area (Å²) < 4.78 is 2.28. The average Bonchev–Trinajstić information content (AvgIpc) is 3.43. The second kappa shape index (κ2) is 9.62. The third-order valence-electron chi connectivity index (χ3n) is 5.75. The van der Waals surface area contributed by atoms with E-state index in [4.69, 9.17) is 0 Å². The Hall–Kier alpha value is -3.04. The molecule has 8 nitrogen and oxygen atoms in total. The maximum Gasteiger partial charge on any atom is 0.326 e. The fourth-order valence-electron chi connectivity index (χ4n) is 4.04. The van der Waals surface area contributed by atoms with Crippen LogP contribution in [0.4, 0.5) is 0 Å². The second-order valence-corrected chi connectivity index (χ2v) is 8.72. The highest BCUT2D eigenvalue weighted by molar-refractivity contribution is 9.10. The number of benzene rings is 2. The van der Waals surface area contributed by atoms with Gasteiger partial charge >= 0.3 is 5.97 Å². The lowest BCUT2D eigenvalue weighted by Crippen LogP contribution is -2.42. The number of hydrogen-bond acceptors (Lipinski definition) is 5. The predicted octanol–water partition coefficient (Wildman–Crippen LogP) is 3.08. The summed E-state index contributed by atoms with van der Waals surface area (Å²) in [7, 11) is 0. The molecule has 0 saturated heterocycles. The molecule has 0 bridgehead atoms. The summed E-state index contributed by atoms with van der Waals surface area (Å²) in [4.78, 5) is 24.9. The van der Waals surface area contributed by atoms with Crippen molar-refractivity contribution in [3.8, 4) is 5.69 Å². The number of rotatable bonds is 7. The predicted molar refractivity (Wildman–Crippen MR) is 121 cm³/mol. The molecular formula is C23H23BrN4O4. The van der Waals surface area contributed by atoms with Crippen molar-refractivity contribution in [2.45, 2.75) is 43.7 Å². The number of carbonyl (C=O) groups excluding carboxylic acids is 1. The van der Waals surface area contributed by atoms with Crippen molar-refractivity contribution in [3.05, 3.63) is 76.0 Å². The van der Waals surface area contributed by atoms with Gasteiger partial charge in [-0.15, -0.1) is 5.10 Å². The van der Waals surface area contributed by atoms with Crippen LogP contribution in [0.3, 0.4) is 0 Å². The summed E-state index contributed by atoms with van der Waals surface area (Å²) in [6.45, 7) is 0. The Morgan fingerprint density at radius 1 is 1.16 bits per heavy atom. The molecule has 3 aromatic rings. The van der Waals surface area contributed by atoms with Crippen molar-refractivity contribution in [3.63, 3.8) is 0 Å². The van der Waals surface area contributed by atoms with Gasteiger partial charge in [-0.2, -0.15) is 0 Å². The zero-order valence-electron chi connectivity index (χ0n) is 17.2. The van der Waals surface area contributed by atoms with Crippen LogP contribution >= 0.6 is 15.9 Å². The van der Waals surface area contributed by atoms with Gasteiger partial charge < -0.3 is 15.5 Å². The molecule has 9 heteroatoms. The molecular weight excluding hydrogens is 476 g/mol. The third-order valence-corrected chi connectivity index (χ3v) is 6.52. The van der Waals surface area contributed by atoms with Gasteiger partial charge in [-0.05, 0) is 36.6 Å². The Morgan fingerprint density at radius 2 is 1.91 bits per heavy atom. The lowest BCUT2D eigenvalue weighted by Gasteiger charge is -2.17. The molecule has 0 spiro atoms. The van der Waals surface area contributed by atoms with E-state index in [0.717, 1.165) is 29.3 Å². The van der Waals surface area contributed by atoms with E-state index in [1.54, 1.807) is 30.5 Å². The van der Waals surface area contributed by atoms with Crippen LogP contribution in [0.5, 0.6) is 0 Å². The Labute approximate surface area is 193 Å². The highest BCUT2D eigenvalue weighted by atomic mass is 79.9. The molecule has 2 aromatic carbocycles. The first-order valence-electron chi connectivity index (χ1n) is 10.4. The van der Waals surface area contributed by atoms with E-state index < -0.39 is 24.0 Å². The van der Waals surface area contributed by atoms with Crippen molar-refractivity contribution in [2.24, 2.45) is 0 Å². The topological polar surface area (TPSA) is 117 Å². The molecule has 1 fully saturated rings. The van der Waals surface area contributed by atoms with Gasteiger partial charge in [0, 0.05) is 16.8 Å². The molecule has 1 unspecified atom stereocenters. The Bertz CT molecular complexity index is 1130. The second-order valence-electron chi connectivity index (χ2n) is 7.87. The minimum Gasteiger partial charge on any atom is -0.480 e. The van der Waals surface area contributed by atoms with Gasteiger partial charge in [0.15, 0.2) is 0 Å². The lowest BCUT2D eigenvalue weighted by atomic mass is 10.0. The highest BCUT2D eigenvalue weighted by Crippen LogP contribution is 2.33. The highest BCUT2D eigenvalue weighted by Gasteiger charge is 2.29. The molecule has 166 valence electrons. The normalized spacial score (nSPS) is 18.9. The molecule has 1 aliphatic rings. The quantitative estimate of drug-likeness (QED) is 0.460. The van der Waals surface area contributed by atoms with Crippen LogP contribution in [0.25, 0.3) is 5.69 Å². The van der Waals surface area contributed by atoms with Crippen molar-refractivity contribution in [2.75, 3.05) is 0 Å². The van der Waals surface area contributed by atoms with E-state index >= 15 is 0 Å². The number of halogens is 1.